The van der Waals surface area contributed by atoms with Crippen LogP contribution in [0.3, 0.4) is 0 Å². The summed E-state index contributed by atoms with van der Waals surface area (Å²) in [4.78, 5) is 15.6. The first-order valence-corrected chi connectivity index (χ1v) is 6.09. The third-order valence-corrected chi connectivity index (χ3v) is 2.78. The molecule has 0 saturated heterocycles. The van der Waals surface area contributed by atoms with Gasteiger partial charge in [0.15, 0.2) is 0 Å². The van der Waals surface area contributed by atoms with E-state index < -0.39 is 0 Å². The molecule has 1 N–H and O–H groups in total. The fourth-order valence-electron chi connectivity index (χ4n) is 1.59. The van der Waals surface area contributed by atoms with Crippen LogP contribution < -0.4 is 5.32 Å². The standard InChI is InChI=1S/C13H14ClN3O/c14-12-3-1-11(2-4-12)9-13(18)16-6-8-17-7-5-15-10-17/h1-5,7,10H,6,8-9H2,(H,16,18). The zero-order valence-electron chi connectivity index (χ0n) is 9.84. The third-order valence-electron chi connectivity index (χ3n) is 2.53. The van der Waals surface area contributed by atoms with Crippen molar-refractivity contribution in [3.63, 3.8) is 0 Å². The molecule has 0 aliphatic carbocycles. The van der Waals surface area contributed by atoms with Gasteiger partial charge in [-0.2, -0.15) is 0 Å². The highest BCUT2D eigenvalue weighted by Gasteiger charge is 2.02. The largest absolute Gasteiger partial charge is 0.354 e. The summed E-state index contributed by atoms with van der Waals surface area (Å²) in [6, 6.07) is 7.29. The van der Waals surface area contributed by atoms with Gasteiger partial charge in [0.1, 0.15) is 0 Å². The van der Waals surface area contributed by atoms with Gasteiger partial charge in [0.2, 0.25) is 5.91 Å². The van der Waals surface area contributed by atoms with Crippen LogP contribution >= 0.6 is 11.6 Å². The third kappa shape index (κ3) is 3.89. The van der Waals surface area contributed by atoms with Gasteiger partial charge in [-0.05, 0) is 17.7 Å². The van der Waals surface area contributed by atoms with Gasteiger partial charge in [0, 0.05) is 30.5 Å². The van der Waals surface area contributed by atoms with Gasteiger partial charge in [-0.1, -0.05) is 23.7 Å². The summed E-state index contributed by atoms with van der Waals surface area (Å²) in [6.45, 7) is 1.33. The number of halogens is 1. The molecule has 1 aromatic carbocycles. The molecule has 4 nitrogen and oxygen atoms in total. The first-order chi connectivity index (χ1) is 8.74. The van der Waals surface area contributed by atoms with E-state index in [0.717, 1.165) is 12.1 Å². The Kier molecular flexibility index (Phi) is 4.36. The number of carbonyl (C=O) groups is 1. The molecule has 94 valence electrons. The molecule has 0 atom stereocenters. The molecule has 0 saturated carbocycles. The van der Waals surface area contributed by atoms with E-state index in [0.29, 0.717) is 18.0 Å². The SMILES string of the molecule is O=C(Cc1ccc(Cl)cc1)NCCn1ccnc1. The number of nitrogens with zero attached hydrogens (tertiary/aromatic N) is 2. The van der Waals surface area contributed by atoms with Gasteiger partial charge in [0.05, 0.1) is 12.7 Å². The number of nitrogens with one attached hydrogen (secondary N) is 1. The number of hydrogen-bond donors (Lipinski definition) is 1. The zero-order chi connectivity index (χ0) is 12.8. The van der Waals surface area contributed by atoms with E-state index in [9.17, 15) is 4.79 Å². The van der Waals surface area contributed by atoms with Crippen LogP contribution in [0, 0.1) is 0 Å². The maximum atomic E-state index is 11.7. The molecule has 18 heavy (non-hydrogen) atoms. The monoisotopic (exact) mass is 263 g/mol. The van der Waals surface area contributed by atoms with Gasteiger partial charge in [-0.3, -0.25) is 4.79 Å². The minimum atomic E-state index is 0.0115. The highest BCUT2D eigenvalue weighted by Crippen LogP contribution is 2.09. The van der Waals surface area contributed by atoms with Crippen LogP contribution in [-0.4, -0.2) is 22.0 Å². The van der Waals surface area contributed by atoms with E-state index in [4.69, 9.17) is 11.6 Å². The molecule has 0 radical (unpaired) electrons. The van der Waals surface area contributed by atoms with Gasteiger partial charge in [-0.15, -0.1) is 0 Å². The van der Waals surface area contributed by atoms with Crippen LogP contribution in [0.5, 0.6) is 0 Å². The highest BCUT2D eigenvalue weighted by atomic mass is 35.5. The van der Waals surface area contributed by atoms with E-state index in [1.807, 2.05) is 22.9 Å². The second kappa shape index (κ2) is 6.21. The molecule has 2 aromatic rings. The quantitative estimate of drug-likeness (QED) is 0.896. The molecule has 1 heterocycles. The summed E-state index contributed by atoms with van der Waals surface area (Å²) in [7, 11) is 0. The van der Waals surface area contributed by atoms with Crippen LogP contribution in [0.25, 0.3) is 0 Å². The predicted octanol–water partition coefficient (Wildman–Crippen LogP) is 1.90. The highest BCUT2D eigenvalue weighted by molar-refractivity contribution is 6.30. The Morgan fingerprint density at radius 1 is 1.33 bits per heavy atom. The van der Waals surface area contributed by atoms with Crippen molar-refractivity contribution in [1.82, 2.24) is 14.9 Å². The van der Waals surface area contributed by atoms with Crippen LogP contribution in [0.2, 0.25) is 5.02 Å². The van der Waals surface area contributed by atoms with Crippen molar-refractivity contribution in [3.8, 4) is 0 Å². The fourth-order valence-corrected chi connectivity index (χ4v) is 1.72. The van der Waals surface area contributed by atoms with Crippen LogP contribution in [0.15, 0.2) is 43.0 Å². The zero-order valence-corrected chi connectivity index (χ0v) is 10.6. The molecule has 0 spiro atoms. The van der Waals surface area contributed by atoms with Crippen LogP contribution in [0.4, 0.5) is 0 Å². The summed E-state index contributed by atoms with van der Waals surface area (Å²) in [5.74, 6) is 0.0115. The molecule has 1 amide bonds. The first kappa shape index (κ1) is 12.6. The molecule has 5 heteroatoms. The molecule has 0 bridgehead atoms. The van der Waals surface area contributed by atoms with Gasteiger partial charge in [0.25, 0.3) is 0 Å². The molecular formula is C13H14ClN3O. The van der Waals surface area contributed by atoms with Crippen molar-refractivity contribution in [1.29, 1.82) is 0 Å². The normalized spacial score (nSPS) is 10.3. The first-order valence-electron chi connectivity index (χ1n) is 5.71. The Morgan fingerprint density at radius 3 is 2.78 bits per heavy atom. The van der Waals surface area contributed by atoms with Crippen molar-refractivity contribution in [2.45, 2.75) is 13.0 Å². The Hall–Kier alpha value is -1.81. The van der Waals surface area contributed by atoms with Gasteiger partial charge >= 0.3 is 0 Å². The minimum Gasteiger partial charge on any atom is -0.354 e. The molecule has 0 aliphatic heterocycles. The van der Waals surface area contributed by atoms with E-state index >= 15 is 0 Å². The lowest BCUT2D eigenvalue weighted by Gasteiger charge is -2.06. The second-order valence-corrected chi connectivity index (χ2v) is 4.39. The fraction of sp³-hybridized carbons (Fsp3) is 0.231. The Bertz CT molecular complexity index is 493. The predicted molar refractivity (Wildman–Crippen MR) is 70.4 cm³/mol. The second-order valence-electron chi connectivity index (χ2n) is 3.95. The van der Waals surface area contributed by atoms with Crippen molar-refractivity contribution >= 4 is 17.5 Å². The summed E-state index contributed by atoms with van der Waals surface area (Å²) < 4.78 is 1.92. The number of benzene rings is 1. The lowest BCUT2D eigenvalue weighted by Crippen LogP contribution is -2.28. The molecule has 0 unspecified atom stereocenters. The number of aromatic nitrogens is 2. The average molecular weight is 264 g/mol. The summed E-state index contributed by atoms with van der Waals surface area (Å²) >= 11 is 5.78. The summed E-state index contributed by atoms with van der Waals surface area (Å²) in [5.41, 5.74) is 0.958. The lowest BCUT2D eigenvalue weighted by molar-refractivity contribution is -0.120. The van der Waals surface area contributed by atoms with E-state index in [2.05, 4.69) is 10.3 Å². The number of hydrogen-bond acceptors (Lipinski definition) is 2. The number of carbonyl (C=O) groups excluding carboxylic acids is 1. The number of imidazole rings is 1. The molecule has 0 fully saturated rings. The maximum absolute atomic E-state index is 11.7. The van der Waals surface area contributed by atoms with E-state index in [-0.39, 0.29) is 5.91 Å². The van der Waals surface area contributed by atoms with Gasteiger partial charge in [-0.25, -0.2) is 4.98 Å². The average Bonchev–Trinajstić information content (AvgIpc) is 2.85. The summed E-state index contributed by atoms with van der Waals surface area (Å²) in [5, 5.41) is 3.54. The van der Waals surface area contributed by atoms with Crippen molar-refractivity contribution in [3.05, 3.63) is 53.6 Å². The smallest absolute Gasteiger partial charge is 0.224 e. The van der Waals surface area contributed by atoms with Crippen LogP contribution in [-0.2, 0) is 17.8 Å². The topological polar surface area (TPSA) is 46.9 Å². The van der Waals surface area contributed by atoms with Crippen molar-refractivity contribution in [2.24, 2.45) is 0 Å². The van der Waals surface area contributed by atoms with E-state index in [1.165, 1.54) is 0 Å². The van der Waals surface area contributed by atoms with Crippen LogP contribution in [0.1, 0.15) is 5.56 Å². The molecule has 2 rings (SSSR count). The summed E-state index contributed by atoms with van der Waals surface area (Å²) in [6.07, 6.45) is 5.69. The minimum absolute atomic E-state index is 0.0115. The Morgan fingerprint density at radius 2 is 2.11 bits per heavy atom. The molecular weight excluding hydrogens is 250 g/mol. The lowest BCUT2D eigenvalue weighted by atomic mass is 10.1. The van der Waals surface area contributed by atoms with E-state index in [1.54, 1.807) is 24.7 Å². The number of amides is 1. The maximum Gasteiger partial charge on any atom is 0.224 e. The number of rotatable bonds is 5. The Balaban J connectivity index is 1.73. The van der Waals surface area contributed by atoms with Crippen molar-refractivity contribution in [2.75, 3.05) is 6.54 Å². The van der Waals surface area contributed by atoms with Crippen molar-refractivity contribution < 1.29 is 4.79 Å². The Labute approximate surface area is 111 Å². The molecule has 0 aliphatic rings. The van der Waals surface area contributed by atoms with Gasteiger partial charge < -0.3 is 9.88 Å². The molecule has 1 aromatic heterocycles.